The summed E-state index contributed by atoms with van der Waals surface area (Å²) in [5.41, 5.74) is 0. The van der Waals surface area contributed by atoms with Gasteiger partial charge in [-0.2, -0.15) is 0 Å². The maximum Gasteiger partial charge on any atom is 0.162 e. The molecule has 0 saturated carbocycles. The fraction of sp³-hybridized carbons (Fsp3) is 1.00. The molecule has 2 heteroatoms. The van der Waals surface area contributed by atoms with Crippen LogP contribution in [0.25, 0.3) is 0 Å². The van der Waals surface area contributed by atoms with Crippen LogP contribution in [0.1, 0.15) is 79.6 Å². The minimum absolute atomic E-state index is 0.0250. The zero-order valence-corrected chi connectivity index (χ0v) is 13.4. The smallest absolute Gasteiger partial charge is 0.162 e. The molecular formula is C15H31OP. The van der Waals surface area contributed by atoms with Crippen LogP contribution in [0.2, 0.25) is 0 Å². The third kappa shape index (κ3) is 4.70. The van der Waals surface area contributed by atoms with Gasteiger partial charge in [0.15, 0.2) is 8.46 Å². The van der Waals surface area contributed by atoms with Gasteiger partial charge in [0, 0.05) is 0 Å². The molecule has 0 aliphatic carbocycles. The summed E-state index contributed by atoms with van der Waals surface area (Å²) in [5.74, 6) is 1.11. The highest BCUT2D eigenvalue weighted by Gasteiger charge is 2.40. The summed E-state index contributed by atoms with van der Waals surface area (Å²) < 4.78 is 11.8. The molecule has 0 aromatic rings. The van der Waals surface area contributed by atoms with Crippen LogP contribution in [0.5, 0.6) is 0 Å². The van der Waals surface area contributed by atoms with Gasteiger partial charge in [-0.05, 0) is 18.3 Å². The second-order valence-corrected chi connectivity index (χ2v) is 6.53. The van der Waals surface area contributed by atoms with Crippen molar-refractivity contribution in [1.29, 1.82) is 0 Å². The van der Waals surface area contributed by atoms with Crippen molar-refractivity contribution < 1.29 is 4.57 Å². The van der Waals surface area contributed by atoms with Gasteiger partial charge in [0.2, 0.25) is 0 Å². The number of hydrogen-bond acceptors (Lipinski definition) is 1. The fourth-order valence-electron chi connectivity index (χ4n) is 2.75. The van der Waals surface area contributed by atoms with Crippen LogP contribution in [0, 0.1) is 11.8 Å². The molecule has 2 unspecified atom stereocenters. The quantitative estimate of drug-likeness (QED) is 0.343. The van der Waals surface area contributed by atoms with E-state index in [4.69, 9.17) is 0 Å². The van der Waals surface area contributed by atoms with Gasteiger partial charge in [0.05, 0.1) is 5.16 Å². The van der Waals surface area contributed by atoms with Gasteiger partial charge in [-0.1, -0.05) is 73.1 Å². The second-order valence-electron chi connectivity index (χ2n) is 5.51. The van der Waals surface area contributed by atoms with Gasteiger partial charge >= 0.3 is 0 Å². The van der Waals surface area contributed by atoms with E-state index in [-0.39, 0.29) is 5.16 Å². The van der Waals surface area contributed by atoms with E-state index in [1.165, 1.54) is 25.7 Å². The topological polar surface area (TPSA) is 17.1 Å². The zero-order chi connectivity index (χ0) is 13.3. The highest BCUT2D eigenvalue weighted by atomic mass is 31.1. The summed E-state index contributed by atoms with van der Waals surface area (Å²) >= 11 is 0. The molecular weight excluding hydrogens is 227 g/mol. The van der Waals surface area contributed by atoms with Crippen molar-refractivity contribution in [1.82, 2.24) is 0 Å². The minimum atomic E-state index is 0.0250. The molecule has 102 valence electrons. The molecule has 0 N–H and O–H groups in total. The van der Waals surface area contributed by atoms with Crippen molar-refractivity contribution in [2.75, 3.05) is 0 Å². The molecule has 17 heavy (non-hydrogen) atoms. The summed E-state index contributed by atoms with van der Waals surface area (Å²) in [5, 5.41) is 0.0250. The Morgan fingerprint density at radius 1 is 0.941 bits per heavy atom. The molecule has 0 heterocycles. The van der Waals surface area contributed by atoms with Gasteiger partial charge < -0.3 is 0 Å². The van der Waals surface area contributed by atoms with Gasteiger partial charge in [0.1, 0.15) is 0 Å². The Labute approximate surface area is 110 Å². The Hall–Kier alpha value is 0.100. The molecule has 0 amide bonds. The first kappa shape index (κ1) is 17.1. The fourth-order valence-corrected chi connectivity index (χ4v) is 3.72. The van der Waals surface area contributed by atoms with Crippen molar-refractivity contribution in [3.63, 3.8) is 0 Å². The second kappa shape index (κ2) is 9.09. The van der Waals surface area contributed by atoms with E-state index in [2.05, 4.69) is 34.6 Å². The highest BCUT2D eigenvalue weighted by molar-refractivity contribution is 7.26. The normalized spacial score (nSPS) is 18.9. The van der Waals surface area contributed by atoms with Gasteiger partial charge in [-0.3, -0.25) is 4.57 Å². The predicted octanol–water partition coefficient (Wildman–Crippen LogP) is 6.08. The van der Waals surface area contributed by atoms with Crippen molar-refractivity contribution in [2.24, 2.45) is 11.8 Å². The molecule has 0 saturated heterocycles. The number of hydrogen-bond donors (Lipinski definition) is 0. The van der Waals surface area contributed by atoms with E-state index in [9.17, 15) is 4.57 Å². The third-order valence-electron chi connectivity index (χ3n) is 4.53. The SMILES string of the molecule is CCCCCCC(P=O)(C(C)CC)C(C)CC. The average Bonchev–Trinajstić information content (AvgIpc) is 2.37. The molecule has 0 spiro atoms. The van der Waals surface area contributed by atoms with E-state index in [0.717, 1.165) is 19.3 Å². The monoisotopic (exact) mass is 258 g/mol. The lowest BCUT2D eigenvalue weighted by Gasteiger charge is -2.38. The van der Waals surface area contributed by atoms with Crippen LogP contribution in [0.4, 0.5) is 0 Å². The molecule has 0 rings (SSSR count). The first-order valence-corrected chi connectivity index (χ1v) is 8.24. The zero-order valence-electron chi connectivity index (χ0n) is 12.5. The van der Waals surface area contributed by atoms with Crippen LogP contribution in [0.15, 0.2) is 0 Å². The number of rotatable bonds is 10. The summed E-state index contributed by atoms with van der Waals surface area (Å²) in [6, 6.07) is 0. The van der Waals surface area contributed by atoms with Crippen molar-refractivity contribution >= 4 is 8.46 Å². The largest absolute Gasteiger partial charge is 0.274 e. The van der Waals surface area contributed by atoms with E-state index < -0.39 is 0 Å². The molecule has 0 aliphatic rings. The van der Waals surface area contributed by atoms with Crippen LogP contribution < -0.4 is 0 Å². The summed E-state index contributed by atoms with van der Waals surface area (Å²) in [4.78, 5) is 0. The Morgan fingerprint density at radius 2 is 1.47 bits per heavy atom. The van der Waals surface area contributed by atoms with Crippen LogP contribution in [-0.4, -0.2) is 5.16 Å². The lowest BCUT2D eigenvalue weighted by molar-refractivity contribution is 0.253. The molecule has 2 atom stereocenters. The lowest BCUT2D eigenvalue weighted by Crippen LogP contribution is -2.37. The third-order valence-corrected chi connectivity index (χ3v) is 5.98. The van der Waals surface area contributed by atoms with Gasteiger partial charge in [-0.25, -0.2) is 0 Å². The van der Waals surface area contributed by atoms with E-state index in [1.54, 1.807) is 0 Å². The molecule has 0 aromatic heterocycles. The maximum absolute atomic E-state index is 11.8. The molecule has 1 nitrogen and oxygen atoms in total. The molecule has 0 fully saturated rings. The van der Waals surface area contributed by atoms with Crippen LogP contribution >= 0.6 is 8.46 Å². The summed E-state index contributed by atoms with van der Waals surface area (Å²) in [7, 11) is 0.373. The standard InChI is InChI=1S/C15H31OP/c1-6-9-10-11-12-15(17-16,13(4)7-2)14(5)8-3/h13-14H,6-12H2,1-5H3. The predicted molar refractivity (Wildman–Crippen MR) is 78.0 cm³/mol. The van der Waals surface area contributed by atoms with Crippen molar-refractivity contribution in [2.45, 2.75) is 84.7 Å². The highest BCUT2D eigenvalue weighted by Crippen LogP contribution is 2.45. The Bertz CT molecular complexity index is 193. The minimum Gasteiger partial charge on any atom is -0.274 e. The molecule has 0 bridgehead atoms. The first-order valence-electron chi connectivity index (χ1n) is 7.43. The Kier molecular flexibility index (Phi) is 9.14. The van der Waals surface area contributed by atoms with E-state index in [0.29, 0.717) is 20.3 Å². The molecule has 0 aliphatic heterocycles. The van der Waals surface area contributed by atoms with E-state index in [1.807, 2.05) is 0 Å². The van der Waals surface area contributed by atoms with E-state index >= 15 is 0 Å². The van der Waals surface area contributed by atoms with Crippen LogP contribution in [0.3, 0.4) is 0 Å². The summed E-state index contributed by atoms with van der Waals surface area (Å²) in [6.45, 7) is 11.2. The van der Waals surface area contributed by atoms with Crippen molar-refractivity contribution in [3.8, 4) is 0 Å². The van der Waals surface area contributed by atoms with Gasteiger partial charge in [-0.15, -0.1) is 0 Å². The van der Waals surface area contributed by atoms with Crippen LogP contribution in [-0.2, 0) is 4.57 Å². The summed E-state index contributed by atoms with van der Waals surface area (Å²) in [6.07, 6.45) is 8.50. The Morgan fingerprint density at radius 3 is 1.82 bits per heavy atom. The van der Waals surface area contributed by atoms with Crippen molar-refractivity contribution in [3.05, 3.63) is 0 Å². The molecule has 0 aromatic carbocycles. The number of unbranched alkanes of at least 4 members (excludes halogenated alkanes) is 3. The van der Waals surface area contributed by atoms with Gasteiger partial charge in [0.25, 0.3) is 0 Å². The molecule has 0 radical (unpaired) electrons. The first-order chi connectivity index (χ1) is 8.08. The lowest BCUT2D eigenvalue weighted by atomic mass is 9.76. The maximum atomic E-state index is 11.8. The average molecular weight is 258 g/mol. The Balaban J connectivity index is 4.62.